The monoisotopic (exact) mass is 272 g/mol. The predicted octanol–water partition coefficient (Wildman–Crippen LogP) is 0.0741. The summed E-state index contributed by atoms with van der Waals surface area (Å²) in [6.45, 7) is 4.61. The van der Waals surface area contributed by atoms with Gasteiger partial charge in [0.15, 0.2) is 0 Å². The number of aliphatic carboxylic acids is 1. The van der Waals surface area contributed by atoms with E-state index in [0.29, 0.717) is 19.6 Å². The summed E-state index contributed by atoms with van der Waals surface area (Å²) in [5.41, 5.74) is -0.515. The van der Waals surface area contributed by atoms with Gasteiger partial charge >= 0.3 is 12.0 Å². The molecular weight excluding hydrogens is 252 g/mol. The molecule has 1 aliphatic heterocycles. The van der Waals surface area contributed by atoms with Gasteiger partial charge in [0.1, 0.15) is 12.1 Å². The van der Waals surface area contributed by atoms with Crippen LogP contribution in [0.5, 0.6) is 0 Å². The number of carbonyl (C=O) groups is 2. The Labute approximate surface area is 112 Å². The fourth-order valence-corrected chi connectivity index (χ4v) is 1.85. The van der Waals surface area contributed by atoms with E-state index >= 15 is 0 Å². The van der Waals surface area contributed by atoms with Gasteiger partial charge in [-0.1, -0.05) is 6.08 Å². The number of carboxylic acids is 1. The lowest BCUT2D eigenvalue weighted by atomic mass is 10.0. The first-order valence-corrected chi connectivity index (χ1v) is 6.01. The molecule has 1 saturated heterocycles. The van der Waals surface area contributed by atoms with Crippen LogP contribution in [0.25, 0.3) is 0 Å². The van der Waals surface area contributed by atoms with Crippen LogP contribution in [0.2, 0.25) is 0 Å². The number of carbonyl (C=O) groups excluding carboxylic acids is 1. The second kappa shape index (κ2) is 7.10. The zero-order valence-corrected chi connectivity index (χ0v) is 11.1. The molecule has 1 atom stereocenters. The molecule has 2 N–H and O–H groups in total. The fraction of sp³-hybridized carbons (Fsp3) is 0.667. The van der Waals surface area contributed by atoms with Gasteiger partial charge in [-0.05, 0) is 0 Å². The van der Waals surface area contributed by atoms with Gasteiger partial charge in [-0.15, -0.1) is 6.58 Å². The largest absolute Gasteiger partial charge is 0.480 e. The minimum Gasteiger partial charge on any atom is -0.480 e. The van der Waals surface area contributed by atoms with Gasteiger partial charge in [0.2, 0.25) is 0 Å². The number of amides is 2. The molecule has 0 radical (unpaired) electrons. The van der Waals surface area contributed by atoms with E-state index in [1.807, 2.05) is 0 Å². The van der Waals surface area contributed by atoms with Crippen molar-refractivity contribution in [2.75, 3.05) is 40.0 Å². The third-order valence-electron chi connectivity index (χ3n) is 3.02. The van der Waals surface area contributed by atoms with E-state index in [1.54, 1.807) is 7.11 Å². The van der Waals surface area contributed by atoms with Crippen molar-refractivity contribution in [1.82, 2.24) is 10.2 Å². The molecule has 0 spiro atoms. The van der Waals surface area contributed by atoms with Crippen LogP contribution in [0.1, 0.15) is 6.42 Å². The Hall–Kier alpha value is -1.60. The van der Waals surface area contributed by atoms with Crippen LogP contribution < -0.4 is 5.32 Å². The van der Waals surface area contributed by atoms with Gasteiger partial charge in [0, 0.05) is 26.7 Å². The fourth-order valence-electron chi connectivity index (χ4n) is 1.85. The van der Waals surface area contributed by atoms with E-state index in [1.165, 1.54) is 6.08 Å². The lowest BCUT2D eigenvalue weighted by molar-refractivity contribution is -0.137. The van der Waals surface area contributed by atoms with E-state index in [4.69, 9.17) is 14.6 Å². The summed E-state index contributed by atoms with van der Waals surface area (Å²) in [5.74, 6) is -1.07. The summed E-state index contributed by atoms with van der Waals surface area (Å²) in [7, 11) is 1.57. The van der Waals surface area contributed by atoms with Gasteiger partial charge < -0.3 is 24.8 Å². The smallest absolute Gasteiger partial charge is 0.323 e. The van der Waals surface area contributed by atoms with Gasteiger partial charge in [-0.2, -0.15) is 0 Å². The number of ether oxygens (including phenoxy) is 2. The Morgan fingerprint density at radius 1 is 1.63 bits per heavy atom. The van der Waals surface area contributed by atoms with Crippen LogP contribution in [0, 0.1) is 0 Å². The number of hydrogen-bond donors (Lipinski definition) is 2. The second-order valence-corrected chi connectivity index (χ2v) is 4.41. The highest BCUT2D eigenvalue weighted by Gasteiger charge is 2.35. The minimum absolute atomic E-state index is 0.175. The first kappa shape index (κ1) is 15.5. The number of urea groups is 1. The Morgan fingerprint density at radius 3 is 2.84 bits per heavy atom. The molecule has 2 amide bonds. The summed E-state index contributed by atoms with van der Waals surface area (Å²) in [6.07, 6.45) is 2.18. The molecule has 1 aliphatic rings. The van der Waals surface area contributed by atoms with Gasteiger partial charge in [-0.3, -0.25) is 4.79 Å². The molecule has 0 aromatic heterocycles. The van der Waals surface area contributed by atoms with Crippen molar-refractivity contribution in [2.24, 2.45) is 0 Å². The highest BCUT2D eigenvalue weighted by atomic mass is 16.5. The van der Waals surface area contributed by atoms with Crippen molar-refractivity contribution in [3.63, 3.8) is 0 Å². The molecule has 1 rings (SSSR count). The quantitative estimate of drug-likeness (QED) is 0.640. The van der Waals surface area contributed by atoms with Crippen molar-refractivity contribution in [3.8, 4) is 0 Å². The molecule has 1 unspecified atom stereocenters. The first-order valence-electron chi connectivity index (χ1n) is 6.01. The van der Waals surface area contributed by atoms with Crippen molar-refractivity contribution < 1.29 is 24.2 Å². The molecule has 7 heteroatoms. The molecule has 7 nitrogen and oxygen atoms in total. The SMILES string of the molecule is C=CCN(CC(=O)O)C(=O)NCC1(OC)CCOC1. The molecule has 0 bridgehead atoms. The van der Waals surface area contributed by atoms with E-state index in [-0.39, 0.29) is 19.6 Å². The standard InChI is InChI=1S/C12H20N2O5/c1-3-5-14(7-10(15)16)11(17)13-8-12(18-2)4-6-19-9-12/h3H,1,4-9H2,2H3,(H,13,17)(H,15,16). The van der Waals surface area contributed by atoms with Crippen LogP contribution >= 0.6 is 0 Å². The summed E-state index contributed by atoms with van der Waals surface area (Å²) in [5, 5.41) is 11.4. The highest BCUT2D eigenvalue weighted by Crippen LogP contribution is 2.21. The Bertz CT molecular complexity index is 339. The summed E-state index contributed by atoms with van der Waals surface area (Å²) >= 11 is 0. The zero-order chi connectivity index (χ0) is 14.3. The third kappa shape index (κ3) is 4.53. The number of nitrogens with one attached hydrogen (secondary N) is 1. The van der Waals surface area contributed by atoms with Gasteiger partial charge in [-0.25, -0.2) is 4.79 Å². The maximum absolute atomic E-state index is 11.9. The highest BCUT2D eigenvalue weighted by molar-refractivity contribution is 5.80. The minimum atomic E-state index is -1.07. The lowest BCUT2D eigenvalue weighted by Gasteiger charge is -2.28. The third-order valence-corrected chi connectivity index (χ3v) is 3.02. The molecular formula is C12H20N2O5. The van der Waals surface area contributed by atoms with Crippen molar-refractivity contribution >= 4 is 12.0 Å². The first-order chi connectivity index (χ1) is 9.03. The number of rotatable bonds is 7. The lowest BCUT2D eigenvalue weighted by Crippen LogP contribution is -2.50. The summed E-state index contributed by atoms with van der Waals surface area (Å²) < 4.78 is 10.6. The molecule has 19 heavy (non-hydrogen) atoms. The number of methoxy groups -OCH3 is 1. The van der Waals surface area contributed by atoms with Gasteiger partial charge in [0.25, 0.3) is 0 Å². The number of carboxylic acid groups (broad SMARTS) is 1. The molecule has 1 heterocycles. The van der Waals surface area contributed by atoms with Crippen molar-refractivity contribution in [2.45, 2.75) is 12.0 Å². The van der Waals surface area contributed by atoms with Crippen LogP contribution in [-0.2, 0) is 14.3 Å². The second-order valence-electron chi connectivity index (χ2n) is 4.41. The Kier molecular flexibility index (Phi) is 5.78. The molecule has 0 aromatic rings. The number of hydrogen-bond acceptors (Lipinski definition) is 4. The van der Waals surface area contributed by atoms with Crippen LogP contribution in [-0.4, -0.2) is 67.6 Å². The van der Waals surface area contributed by atoms with Crippen LogP contribution in [0.4, 0.5) is 4.79 Å². The maximum atomic E-state index is 11.9. The van der Waals surface area contributed by atoms with E-state index in [2.05, 4.69) is 11.9 Å². The van der Waals surface area contributed by atoms with E-state index < -0.39 is 17.6 Å². The van der Waals surface area contributed by atoms with E-state index in [9.17, 15) is 9.59 Å². The molecule has 0 aliphatic carbocycles. The molecule has 108 valence electrons. The van der Waals surface area contributed by atoms with Gasteiger partial charge in [0.05, 0.1) is 13.2 Å². The van der Waals surface area contributed by atoms with E-state index in [0.717, 1.165) is 4.90 Å². The molecule has 1 fully saturated rings. The average Bonchev–Trinajstić information content (AvgIpc) is 2.84. The average molecular weight is 272 g/mol. The molecule has 0 saturated carbocycles. The molecule has 0 aromatic carbocycles. The van der Waals surface area contributed by atoms with Crippen LogP contribution in [0.3, 0.4) is 0 Å². The Balaban J connectivity index is 2.51. The maximum Gasteiger partial charge on any atom is 0.323 e. The van der Waals surface area contributed by atoms with Crippen LogP contribution in [0.15, 0.2) is 12.7 Å². The Morgan fingerprint density at radius 2 is 2.37 bits per heavy atom. The summed E-state index contributed by atoms with van der Waals surface area (Å²) in [4.78, 5) is 23.7. The topological polar surface area (TPSA) is 88.1 Å². The number of nitrogens with zero attached hydrogens (tertiary/aromatic N) is 1. The van der Waals surface area contributed by atoms with Crippen molar-refractivity contribution in [3.05, 3.63) is 12.7 Å². The summed E-state index contributed by atoms with van der Waals surface area (Å²) in [6, 6.07) is -0.453. The normalized spacial score (nSPS) is 21.9. The zero-order valence-electron chi connectivity index (χ0n) is 11.1. The predicted molar refractivity (Wildman–Crippen MR) is 68.0 cm³/mol. The van der Waals surface area contributed by atoms with Crippen molar-refractivity contribution in [1.29, 1.82) is 0 Å².